The van der Waals surface area contributed by atoms with Gasteiger partial charge < -0.3 is 15.2 Å². The molecule has 6 heteroatoms. The van der Waals surface area contributed by atoms with Crippen LogP contribution in [0.3, 0.4) is 0 Å². The summed E-state index contributed by atoms with van der Waals surface area (Å²) >= 11 is 0. The molecule has 0 spiro atoms. The zero-order valence-corrected chi connectivity index (χ0v) is 14.2. The lowest BCUT2D eigenvalue weighted by Crippen LogP contribution is -2.34. The predicted molar refractivity (Wildman–Crippen MR) is 93.3 cm³/mol. The number of carboxylic acids is 1. The molecule has 0 saturated heterocycles. The highest BCUT2D eigenvalue weighted by Crippen LogP contribution is 2.27. The summed E-state index contributed by atoms with van der Waals surface area (Å²) in [7, 11) is 0. The van der Waals surface area contributed by atoms with Gasteiger partial charge >= 0.3 is 11.9 Å². The van der Waals surface area contributed by atoms with E-state index in [1.54, 1.807) is 30.3 Å². The van der Waals surface area contributed by atoms with Gasteiger partial charge in [0.15, 0.2) is 0 Å². The quantitative estimate of drug-likeness (QED) is 0.449. The van der Waals surface area contributed by atoms with E-state index in [2.05, 4.69) is 5.32 Å². The Labute approximate surface area is 146 Å². The predicted octanol–water partition coefficient (Wildman–Crippen LogP) is 3.25. The van der Waals surface area contributed by atoms with Gasteiger partial charge in [-0.05, 0) is 43.5 Å². The van der Waals surface area contributed by atoms with Crippen LogP contribution in [0.25, 0.3) is 0 Å². The SMILES string of the molecule is CCCCOC(=O)c1ccc(NC(=O)[C@H]2CC=CC[C@H]2C(=O)O)cc1. The monoisotopic (exact) mass is 345 g/mol. The molecule has 0 radical (unpaired) electrons. The number of hydrogen-bond acceptors (Lipinski definition) is 4. The lowest BCUT2D eigenvalue weighted by atomic mass is 9.82. The molecule has 2 rings (SSSR count). The van der Waals surface area contributed by atoms with Crippen LogP contribution in [0.1, 0.15) is 43.0 Å². The van der Waals surface area contributed by atoms with Crippen LogP contribution in [0.15, 0.2) is 36.4 Å². The second-order valence-corrected chi connectivity index (χ2v) is 6.05. The minimum absolute atomic E-state index is 0.324. The van der Waals surface area contributed by atoms with Crippen molar-refractivity contribution < 1.29 is 24.2 Å². The third kappa shape index (κ3) is 5.17. The van der Waals surface area contributed by atoms with Gasteiger partial charge in [0.05, 0.1) is 24.0 Å². The van der Waals surface area contributed by atoms with Crippen molar-refractivity contribution in [1.29, 1.82) is 0 Å². The Morgan fingerprint density at radius 2 is 1.76 bits per heavy atom. The van der Waals surface area contributed by atoms with Crippen LogP contribution in [-0.4, -0.2) is 29.6 Å². The molecule has 1 aromatic carbocycles. The van der Waals surface area contributed by atoms with Gasteiger partial charge in [-0.15, -0.1) is 0 Å². The molecule has 1 aromatic rings. The molecule has 0 unspecified atom stereocenters. The second-order valence-electron chi connectivity index (χ2n) is 6.05. The summed E-state index contributed by atoms with van der Waals surface area (Å²) < 4.78 is 5.13. The Morgan fingerprint density at radius 1 is 1.12 bits per heavy atom. The zero-order chi connectivity index (χ0) is 18.2. The van der Waals surface area contributed by atoms with Crippen LogP contribution < -0.4 is 5.32 Å². The standard InChI is InChI=1S/C19H23NO5/c1-2-3-12-25-19(24)13-8-10-14(11-9-13)20-17(21)15-6-4-5-7-16(15)18(22)23/h4-5,8-11,15-16H,2-3,6-7,12H2,1H3,(H,20,21)(H,22,23)/t15-,16+/m0/s1. The van der Waals surface area contributed by atoms with Crippen LogP contribution in [0, 0.1) is 11.8 Å². The maximum absolute atomic E-state index is 12.4. The molecular formula is C19H23NO5. The number of carbonyl (C=O) groups excluding carboxylic acids is 2. The number of benzene rings is 1. The van der Waals surface area contributed by atoms with Crippen molar-refractivity contribution in [2.75, 3.05) is 11.9 Å². The molecule has 25 heavy (non-hydrogen) atoms. The lowest BCUT2D eigenvalue weighted by Gasteiger charge is -2.24. The van der Waals surface area contributed by atoms with Crippen LogP contribution in [0.2, 0.25) is 0 Å². The Bertz CT molecular complexity index is 650. The summed E-state index contributed by atoms with van der Waals surface area (Å²) in [5.41, 5.74) is 0.937. The summed E-state index contributed by atoms with van der Waals surface area (Å²) in [5, 5.41) is 12.0. The maximum Gasteiger partial charge on any atom is 0.338 e. The first-order chi connectivity index (χ1) is 12.0. The van der Waals surface area contributed by atoms with Crippen LogP contribution in [0.5, 0.6) is 0 Å². The van der Waals surface area contributed by atoms with Crippen molar-refractivity contribution >= 4 is 23.5 Å². The number of aliphatic carboxylic acids is 1. The Morgan fingerprint density at radius 3 is 2.36 bits per heavy atom. The van der Waals surface area contributed by atoms with E-state index in [9.17, 15) is 19.5 Å². The molecule has 0 saturated carbocycles. The van der Waals surface area contributed by atoms with Crippen molar-refractivity contribution in [2.45, 2.75) is 32.6 Å². The Kier molecular flexibility index (Phi) is 6.74. The highest BCUT2D eigenvalue weighted by atomic mass is 16.5. The minimum Gasteiger partial charge on any atom is -0.481 e. The largest absolute Gasteiger partial charge is 0.481 e. The van der Waals surface area contributed by atoms with E-state index in [1.165, 1.54) is 0 Å². The number of nitrogens with one attached hydrogen (secondary N) is 1. The molecule has 0 aromatic heterocycles. The fourth-order valence-electron chi connectivity index (χ4n) is 2.69. The molecule has 0 bridgehead atoms. The van der Waals surface area contributed by atoms with Gasteiger partial charge in [-0.25, -0.2) is 4.79 Å². The third-order valence-electron chi connectivity index (χ3n) is 4.21. The average Bonchev–Trinajstić information content (AvgIpc) is 2.62. The van der Waals surface area contributed by atoms with Crippen molar-refractivity contribution in [3.05, 3.63) is 42.0 Å². The van der Waals surface area contributed by atoms with Gasteiger partial charge in [-0.2, -0.15) is 0 Å². The van der Waals surface area contributed by atoms with Gasteiger partial charge in [0, 0.05) is 5.69 Å². The molecule has 0 aliphatic heterocycles. The molecule has 0 fully saturated rings. The summed E-state index contributed by atoms with van der Waals surface area (Å²) in [6, 6.07) is 6.39. The molecular weight excluding hydrogens is 322 g/mol. The molecule has 1 aliphatic carbocycles. The number of rotatable bonds is 7. The van der Waals surface area contributed by atoms with E-state index >= 15 is 0 Å². The van der Waals surface area contributed by atoms with Crippen molar-refractivity contribution in [3.63, 3.8) is 0 Å². The number of amides is 1. The summed E-state index contributed by atoms with van der Waals surface area (Å²) in [5.74, 6) is -2.99. The number of anilines is 1. The smallest absolute Gasteiger partial charge is 0.338 e. The van der Waals surface area contributed by atoms with Crippen LogP contribution in [0.4, 0.5) is 5.69 Å². The highest BCUT2D eigenvalue weighted by Gasteiger charge is 2.33. The van der Waals surface area contributed by atoms with Gasteiger partial charge in [0.25, 0.3) is 0 Å². The first-order valence-corrected chi connectivity index (χ1v) is 8.48. The van der Waals surface area contributed by atoms with E-state index < -0.39 is 23.8 Å². The second kappa shape index (κ2) is 9.01. The van der Waals surface area contributed by atoms with E-state index in [0.29, 0.717) is 30.7 Å². The highest BCUT2D eigenvalue weighted by molar-refractivity contribution is 5.96. The molecule has 134 valence electrons. The average molecular weight is 345 g/mol. The zero-order valence-electron chi connectivity index (χ0n) is 14.2. The fourth-order valence-corrected chi connectivity index (χ4v) is 2.69. The van der Waals surface area contributed by atoms with Crippen molar-refractivity contribution in [1.82, 2.24) is 0 Å². The first kappa shape index (κ1) is 18.7. The van der Waals surface area contributed by atoms with Crippen LogP contribution >= 0.6 is 0 Å². The van der Waals surface area contributed by atoms with Gasteiger partial charge in [-0.1, -0.05) is 25.5 Å². The molecule has 2 N–H and O–H groups in total. The maximum atomic E-state index is 12.4. The minimum atomic E-state index is -0.963. The van der Waals surface area contributed by atoms with Gasteiger partial charge in [-0.3, -0.25) is 9.59 Å². The summed E-state index contributed by atoms with van der Waals surface area (Å²) in [6.07, 6.45) is 6.16. The molecule has 1 amide bonds. The molecule has 0 heterocycles. The van der Waals surface area contributed by atoms with Crippen molar-refractivity contribution in [3.8, 4) is 0 Å². The fraction of sp³-hybridized carbons (Fsp3) is 0.421. The summed E-state index contributed by atoms with van der Waals surface area (Å²) in [4.78, 5) is 35.5. The number of unbranched alkanes of at least 4 members (excludes halogenated alkanes) is 1. The van der Waals surface area contributed by atoms with E-state index in [4.69, 9.17) is 4.74 Å². The number of carbonyl (C=O) groups is 3. The summed E-state index contributed by atoms with van der Waals surface area (Å²) in [6.45, 7) is 2.40. The third-order valence-corrected chi connectivity index (χ3v) is 4.21. The Hall–Kier alpha value is -2.63. The number of carboxylic acid groups (broad SMARTS) is 1. The number of allylic oxidation sites excluding steroid dienone is 2. The number of hydrogen-bond donors (Lipinski definition) is 2. The molecule has 6 nitrogen and oxygen atoms in total. The van der Waals surface area contributed by atoms with Gasteiger partial charge in [0.1, 0.15) is 0 Å². The Balaban J connectivity index is 1.96. The normalized spacial score (nSPS) is 19.2. The van der Waals surface area contributed by atoms with E-state index in [1.807, 2.05) is 13.0 Å². The van der Waals surface area contributed by atoms with Crippen molar-refractivity contribution in [2.24, 2.45) is 11.8 Å². The first-order valence-electron chi connectivity index (χ1n) is 8.48. The van der Waals surface area contributed by atoms with E-state index in [-0.39, 0.29) is 5.91 Å². The molecule has 1 aliphatic rings. The molecule has 2 atom stereocenters. The van der Waals surface area contributed by atoms with Gasteiger partial charge in [0.2, 0.25) is 5.91 Å². The van der Waals surface area contributed by atoms with E-state index in [0.717, 1.165) is 12.8 Å². The van der Waals surface area contributed by atoms with Crippen LogP contribution in [-0.2, 0) is 14.3 Å². The topological polar surface area (TPSA) is 92.7 Å². The number of ether oxygens (including phenoxy) is 1. The lowest BCUT2D eigenvalue weighted by molar-refractivity contribution is -0.146. The number of esters is 1.